The molecule has 0 saturated carbocycles. The molecule has 0 unspecified atom stereocenters. The van der Waals surface area contributed by atoms with Crippen molar-refractivity contribution in [1.29, 1.82) is 0 Å². The lowest BCUT2D eigenvalue weighted by molar-refractivity contribution is -0.115. The van der Waals surface area contributed by atoms with Crippen molar-refractivity contribution < 1.29 is 13.2 Å². The molecule has 6 heteroatoms. The molecule has 1 aliphatic rings. The van der Waals surface area contributed by atoms with Gasteiger partial charge in [0, 0.05) is 11.4 Å². The number of rotatable bonds is 4. The van der Waals surface area contributed by atoms with E-state index < -0.39 is 10.0 Å². The molecule has 26 heavy (non-hydrogen) atoms. The third-order valence-electron chi connectivity index (χ3n) is 4.25. The molecular formula is C20H16N2O3S. The Labute approximate surface area is 151 Å². The zero-order valence-corrected chi connectivity index (χ0v) is 14.6. The Kier molecular flexibility index (Phi) is 3.97. The van der Waals surface area contributed by atoms with Crippen LogP contribution in [-0.4, -0.2) is 14.3 Å². The van der Waals surface area contributed by atoms with Crippen LogP contribution in [0.3, 0.4) is 0 Å². The second kappa shape index (κ2) is 6.31. The van der Waals surface area contributed by atoms with E-state index in [2.05, 4.69) is 10.0 Å². The molecule has 0 fully saturated rings. The second-order valence-corrected chi connectivity index (χ2v) is 7.78. The van der Waals surface area contributed by atoms with Crippen LogP contribution in [0.5, 0.6) is 0 Å². The fourth-order valence-electron chi connectivity index (χ4n) is 2.96. The van der Waals surface area contributed by atoms with Crippen molar-refractivity contribution in [2.75, 3.05) is 10.0 Å². The van der Waals surface area contributed by atoms with Crippen molar-refractivity contribution in [2.45, 2.75) is 11.3 Å². The average Bonchev–Trinajstić information content (AvgIpc) is 3.01. The predicted molar refractivity (Wildman–Crippen MR) is 101 cm³/mol. The molecule has 0 radical (unpaired) electrons. The molecule has 1 amide bonds. The largest absolute Gasteiger partial charge is 0.326 e. The van der Waals surface area contributed by atoms with Gasteiger partial charge in [0.15, 0.2) is 0 Å². The van der Waals surface area contributed by atoms with Gasteiger partial charge in [-0.2, -0.15) is 0 Å². The molecular weight excluding hydrogens is 348 g/mol. The highest BCUT2D eigenvalue weighted by Crippen LogP contribution is 2.28. The molecule has 0 aromatic heterocycles. The van der Waals surface area contributed by atoms with Crippen LogP contribution in [0, 0.1) is 0 Å². The van der Waals surface area contributed by atoms with Crippen molar-refractivity contribution in [2.24, 2.45) is 0 Å². The van der Waals surface area contributed by atoms with E-state index in [-0.39, 0.29) is 17.2 Å². The number of amides is 1. The van der Waals surface area contributed by atoms with Gasteiger partial charge >= 0.3 is 0 Å². The molecule has 0 saturated heterocycles. The van der Waals surface area contributed by atoms with Crippen LogP contribution < -0.4 is 10.0 Å². The van der Waals surface area contributed by atoms with Crippen LogP contribution in [0.15, 0.2) is 77.7 Å². The first-order valence-corrected chi connectivity index (χ1v) is 9.61. The summed E-state index contributed by atoms with van der Waals surface area (Å²) in [4.78, 5) is 11.6. The Hall–Kier alpha value is -3.12. The molecule has 5 nitrogen and oxygen atoms in total. The first kappa shape index (κ1) is 16.4. The summed E-state index contributed by atoms with van der Waals surface area (Å²) < 4.78 is 27.8. The third kappa shape index (κ3) is 3.19. The van der Waals surface area contributed by atoms with Crippen LogP contribution in [0.1, 0.15) is 5.56 Å². The number of anilines is 2. The first-order valence-electron chi connectivity index (χ1n) is 8.12. The lowest BCUT2D eigenvalue weighted by Gasteiger charge is -2.10. The number of hydrogen-bond acceptors (Lipinski definition) is 3. The lowest BCUT2D eigenvalue weighted by atomic mass is 10.1. The van der Waals surface area contributed by atoms with Crippen molar-refractivity contribution in [1.82, 2.24) is 0 Å². The van der Waals surface area contributed by atoms with E-state index in [1.165, 1.54) is 0 Å². The summed E-state index contributed by atoms with van der Waals surface area (Å²) in [6.45, 7) is 0. The Morgan fingerprint density at radius 1 is 0.846 bits per heavy atom. The molecule has 1 aliphatic heterocycles. The van der Waals surface area contributed by atoms with Gasteiger partial charge in [0.2, 0.25) is 5.91 Å². The van der Waals surface area contributed by atoms with Crippen LogP contribution in [0.25, 0.3) is 11.1 Å². The maximum atomic E-state index is 12.6. The molecule has 0 aliphatic carbocycles. The number of carbonyl (C=O) groups is 1. The van der Waals surface area contributed by atoms with Gasteiger partial charge < -0.3 is 5.32 Å². The van der Waals surface area contributed by atoms with Gasteiger partial charge in [-0.15, -0.1) is 0 Å². The van der Waals surface area contributed by atoms with E-state index in [1.54, 1.807) is 42.5 Å². The summed E-state index contributed by atoms with van der Waals surface area (Å²) in [5.74, 6) is -0.0866. The Morgan fingerprint density at radius 3 is 2.27 bits per heavy atom. The monoisotopic (exact) mass is 364 g/mol. The number of fused-ring (bicyclic) bond motifs is 1. The van der Waals surface area contributed by atoms with Crippen molar-refractivity contribution in [3.05, 3.63) is 78.4 Å². The molecule has 4 rings (SSSR count). The van der Waals surface area contributed by atoms with E-state index in [1.807, 2.05) is 30.3 Å². The number of benzene rings is 3. The molecule has 1 heterocycles. The molecule has 3 aromatic carbocycles. The number of carbonyl (C=O) groups excluding carboxylic acids is 1. The van der Waals surface area contributed by atoms with Crippen LogP contribution in [-0.2, 0) is 21.2 Å². The Bertz CT molecular complexity index is 1080. The lowest BCUT2D eigenvalue weighted by Crippen LogP contribution is -2.13. The van der Waals surface area contributed by atoms with Gasteiger partial charge in [-0.25, -0.2) is 8.42 Å². The van der Waals surface area contributed by atoms with Crippen LogP contribution in [0.4, 0.5) is 11.4 Å². The van der Waals surface area contributed by atoms with E-state index in [0.717, 1.165) is 22.4 Å². The highest BCUT2D eigenvalue weighted by molar-refractivity contribution is 7.92. The summed E-state index contributed by atoms with van der Waals surface area (Å²) in [5.41, 5.74) is 3.93. The van der Waals surface area contributed by atoms with Crippen molar-refractivity contribution >= 4 is 27.3 Å². The first-order chi connectivity index (χ1) is 12.5. The van der Waals surface area contributed by atoms with E-state index in [9.17, 15) is 13.2 Å². The predicted octanol–water partition coefficient (Wildman–Crippen LogP) is 3.65. The average molecular weight is 364 g/mol. The van der Waals surface area contributed by atoms with E-state index in [0.29, 0.717) is 5.69 Å². The van der Waals surface area contributed by atoms with E-state index >= 15 is 0 Å². The quantitative estimate of drug-likeness (QED) is 0.742. The molecule has 0 bridgehead atoms. The summed E-state index contributed by atoms with van der Waals surface area (Å²) >= 11 is 0. The minimum absolute atomic E-state index is 0.0866. The van der Waals surface area contributed by atoms with Crippen molar-refractivity contribution in [3.8, 4) is 11.1 Å². The van der Waals surface area contributed by atoms with Crippen LogP contribution in [0.2, 0.25) is 0 Å². The number of hydrogen-bond donors (Lipinski definition) is 2. The minimum atomic E-state index is -3.70. The highest BCUT2D eigenvalue weighted by atomic mass is 32.2. The maximum absolute atomic E-state index is 12.6. The highest BCUT2D eigenvalue weighted by Gasteiger charge is 2.19. The smallest absolute Gasteiger partial charge is 0.261 e. The summed E-state index contributed by atoms with van der Waals surface area (Å²) in [5, 5.41) is 2.72. The van der Waals surface area contributed by atoms with Gasteiger partial charge in [-0.3, -0.25) is 9.52 Å². The fraction of sp³-hybridized carbons (Fsp3) is 0.0500. The minimum Gasteiger partial charge on any atom is -0.326 e. The zero-order chi connectivity index (χ0) is 18.1. The molecule has 130 valence electrons. The third-order valence-corrected chi connectivity index (χ3v) is 5.65. The zero-order valence-electron chi connectivity index (χ0n) is 13.8. The van der Waals surface area contributed by atoms with Crippen molar-refractivity contribution in [3.63, 3.8) is 0 Å². The second-order valence-electron chi connectivity index (χ2n) is 6.09. The molecule has 2 N–H and O–H groups in total. The summed E-state index contributed by atoms with van der Waals surface area (Å²) in [6, 6.07) is 21.5. The Morgan fingerprint density at radius 2 is 1.54 bits per heavy atom. The SMILES string of the molecule is O=C1Cc2cc(NS(=O)(=O)c3ccc(-c4ccccc4)cc3)ccc2N1. The summed E-state index contributed by atoms with van der Waals surface area (Å²) in [6.07, 6.45) is 0.261. The standard InChI is InChI=1S/C20H16N2O3S/c23-20-13-16-12-17(8-11-19(16)21-20)22-26(24,25)18-9-6-15(7-10-18)14-4-2-1-3-5-14/h1-12,22H,13H2,(H,21,23). The number of sulfonamides is 1. The fourth-order valence-corrected chi connectivity index (χ4v) is 4.01. The molecule has 0 atom stereocenters. The molecule has 3 aromatic rings. The normalized spacial score (nSPS) is 13.2. The van der Waals surface area contributed by atoms with Gasteiger partial charge in [-0.1, -0.05) is 42.5 Å². The van der Waals surface area contributed by atoms with E-state index in [4.69, 9.17) is 0 Å². The Balaban J connectivity index is 1.57. The van der Waals surface area contributed by atoms with Gasteiger partial charge in [-0.05, 0) is 47.0 Å². The molecule has 0 spiro atoms. The van der Waals surface area contributed by atoms with Gasteiger partial charge in [0.25, 0.3) is 10.0 Å². The summed E-state index contributed by atoms with van der Waals surface area (Å²) in [7, 11) is -3.70. The van der Waals surface area contributed by atoms with Gasteiger partial charge in [0.05, 0.1) is 11.3 Å². The van der Waals surface area contributed by atoms with Gasteiger partial charge in [0.1, 0.15) is 0 Å². The maximum Gasteiger partial charge on any atom is 0.261 e. The number of nitrogens with one attached hydrogen (secondary N) is 2. The topological polar surface area (TPSA) is 75.3 Å². The van der Waals surface area contributed by atoms with Crippen LogP contribution >= 0.6 is 0 Å².